The monoisotopic (exact) mass is 460 g/mol. The summed E-state index contributed by atoms with van der Waals surface area (Å²) in [6.45, 7) is 15.1. The van der Waals surface area contributed by atoms with E-state index in [4.69, 9.17) is 32.4 Å². The minimum absolute atomic E-state index is 0.0501. The number of rotatable bonds is 3. The lowest BCUT2D eigenvalue weighted by Gasteiger charge is -2.44. The molecule has 0 radical (unpaired) electrons. The van der Waals surface area contributed by atoms with E-state index >= 15 is 0 Å². The lowest BCUT2D eigenvalue weighted by Crippen LogP contribution is -2.54. The van der Waals surface area contributed by atoms with Crippen LogP contribution in [0.5, 0.6) is 0 Å². The van der Waals surface area contributed by atoms with Crippen molar-refractivity contribution < 1.29 is 13.6 Å². The molecule has 1 aliphatic heterocycles. The quantitative estimate of drug-likeness (QED) is 0.361. The van der Waals surface area contributed by atoms with E-state index in [1.807, 2.05) is 11.8 Å². The van der Waals surface area contributed by atoms with Gasteiger partial charge in [0.15, 0.2) is 19.3 Å². The summed E-state index contributed by atoms with van der Waals surface area (Å²) >= 11 is 11.9. The van der Waals surface area contributed by atoms with Gasteiger partial charge in [0.2, 0.25) is 5.28 Å². The van der Waals surface area contributed by atoms with Crippen LogP contribution in [0.3, 0.4) is 0 Å². The summed E-state index contributed by atoms with van der Waals surface area (Å²) < 4.78 is 27.1. The van der Waals surface area contributed by atoms with Crippen LogP contribution in [0.2, 0.25) is 28.6 Å². The van der Waals surface area contributed by atoms with Crippen LogP contribution in [0.4, 0.5) is 10.2 Å². The lowest BCUT2D eigenvalue weighted by molar-refractivity contribution is -0.00295. The summed E-state index contributed by atoms with van der Waals surface area (Å²) in [6, 6.07) is 0. The summed E-state index contributed by atoms with van der Waals surface area (Å²) in [5.74, 6) is -0.209. The molecule has 0 bridgehead atoms. The van der Waals surface area contributed by atoms with Crippen LogP contribution in [0, 0.1) is 5.82 Å². The minimum Gasteiger partial charge on any atom is -0.407 e. The molecular formula is C19H27Cl2FN4O2Si. The maximum Gasteiger partial charge on any atom is 0.225 e. The van der Waals surface area contributed by atoms with Crippen molar-refractivity contribution in [1.82, 2.24) is 15.0 Å². The topological polar surface area (TPSA) is 60.4 Å². The van der Waals surface area contributed by atoms with E-state index in [0.29, 0.717) is 37.5 Å². The van der Waals surface area contributed by atoms with E-state index in [9.17, 15) is 4.39 Å². The van der Waals surface area contributed by atoms with Gasteiger partial charge in [-0.2, -0.15) is 4.98 Å². The molecule has 1 aliphatic rings. The molecule has 0 aliphatic carbocycles. The smallest absolute Gasteiger partial charge is 0.225 e. The van der Waals surface area contributed by atoms with E-state index in [1.54, 1.807) is 0 Å². The number of ether oxygens (including phenoxy) is 1. The van der Waals surface area contributed by atoms with Gasteiger partial charge in [0.1, 0.15) is 11.3 Å². The average Bonchev–Trinajstić information content (AvgIpc) is 2.78. The third-order valence-corrected chi connectivity index (χ3v) is 10.7. The summed E-state index contributed by atoms with van der Waals surface area (Å²) in [5.41, 5.74) is -0.501. The Morgan fingerprint density at radius 1 is 1.28 bits per heavy atom. The first-order valence-corrected chi connectivity index (χ1v) is 13.2. The molecule has 0 aromatic carbocycles. The maximum absolute atomic E-state index is 14.5. The fourth-order valence-corrected chi connectivity index (χ4v) is 5.20. The predicted molar refractivity (Wildman–Crippen MR) is 117 cm³/mol. The van der Waals surface area contributed by atoms with Crippen LogP contribution < -0.4 is 4.90 Å². The van der Waals surface area contributed by atoms with Gasteiger partial charge in [-0.05, 0) is 36.7 Å². The second-order valence-electron chi connectivity index (χ2n) is 9.23. The first kappa shape index (κ1) is 22.6. The molecule has 1 saturated heterocycles. The van der Waals surface area contributed by atoms with Gasteiger partial charge in [0, 0.05) is 19.3 Å². The van der Waals surface area contributed by atoms with Crippen molar-refractivity contribution in [2.24, 2.45) is 0 Å². The zero-order chi connectivity index (χ0) is 21.6. The van der Waals surface area contributed by atoms with Crippen molar-refractivity contribution in [2.45, 2.75) is 51.4 Å². The normalized spacial score (nSPS) is 21.5. The molecular weight excluding hydrogens is 434 g/mol. The summed E-state index contributed by atoms with van der Waals surface area (Å²) in [4.78, 5) is 14.3. The third-order valence-electron chi connectivity index (χ3n) is 5.64. The second kappa shape index (κ2) is 7.89. The maximum atomic E-state index is 14.5. The van der Waals surface area contributed by atoms with Crippen molar-refractivity contribution in [3.63, 3.8) is 0 Å². The fraction of sp³-hybridized carbons (Fsp3) is 0.632. The Morgan fingerprint density at radius 2 is 1.97 bits per heavy atom. The number of nitrogens with zero attached hydrogens (tertiary/aromatic N) is 4. The Labute approximate surface area is 181 Å². The highest BCUT2D eigenvalue weighted by Gasteiger charge is 2.44. The number of hydrogen-bond donors (Lipinski definition) is 0. The fourth-order valence-electron chi connectivity index (χ4n) is 3.24. The molecule has 0 unspecified atom stereocenters. The molecule has 2 aromatic heterocycles. The average molecular weight is 461 g/mol. The van der Waals surface area contributed by atoms with Crippen LogP contribution in [0.15, 0.2) is 6.20 Å². The van der Waals surface area contributed by atoms with Crippen LogP contribution in [0.1, 0.15) is 27.7 Å². The van der Waals surface area contributed by atoms with Crippen molar-refractivity contribution in [3.05, 3.63) is 22.5 Å². The molecule has 0 amide bonds. The van der Waals surface area contributed by atoms with E-state index in [2.05, 4.69) is 48.8 Å². The molecule has 1 fully saturated rings. The Balaban J connectivity index is 2.02. The molecule has 0 N–H and O–H groups in total. The molecule has 0 spiro atoms. The highest BCUT2D eigenvalue weighted by molar-refractivity contribution is 6.74. The second-order valence-corrected chi connectivity index (χ2v) is 14.6. The largest absolute Gasteiger partial charge is 0.407 e. The van der Waals surface area contributed by atoms with Crippen molar-refractivity contribution in [3.8, 4) is 0 Å². The van der Waals surface area contributed by atoms with Crippen LogP contribution in [-0.4, -0.2) is 55.2 Å². The number of hydrogen-bond acceptors (Lipinski definition) is 6. The highest BCUT2D eigenvalue weighted by Crippen LogP contribution is 2.40. The number of anilines is 1. The molecule has 3 heterocycles. The molecule has 10 heteroatoms. The van der Waals surface area contributed by atoms with Gasteiger partial charge in [-0.3, -0.25) is 0 Å². The standard InChI is InChI=1S/C19H27Cl2FN4O2Si/c1-18(2,3)29(5,6)28-19(4)10-26(7-8-27-11-19)16-12-9-23-15(20)13(22)14(12)24-17(21)25-16/h9H,7-8,10-11H2,1-6H3/t19-/m0/s1. The van der Waals surface area contributed by atoms with Crippen LogP contribution >= 0.6 is 23.2 Å². The van der Waals surface area contributed by atoms with Gasteiger partial charge >= 0.3 is 0 Å². The number of pyridine rings is 1. The first-order valence-electron chi connectivity index (χ1n) is 9.53. The summed E-state index contributed by atoms with van der Waals surface area (Å²) in [6.07, 6.45) is 1.48. The summed E-state index contributed by atoms with van der Waals surface area (Å²) in [5, 5.41) is 0.212. The zero-order valence-electron chi connectivity index (χ0n) is 17.6. The highest BCUT2D eigenvalue weighted by atomic mass is 35.5. The number of fused-ring (bicyclic) bond motifs is 1. The molecule has 0 saturated carbocycles. The Kier molecular flexibility index (Phi) is 6.15. The summed E-state index contributed by atoms with van der Waals surface area (Å²) in [7, 11) is -2.05. The van der Waals surface area contributed by atoms with Crippen molar-refractivity contribution >= 4 is 48.2 Å². The molecule has 3 rings (SSSR count). The molecule has 29 heavy (non-hydrogen) atoms. The van der Waals surface area contributed by atoms with E-state index in [0.717, 1.165) is 0 Å². The number of aromatic nitrogens is 3. The lowest BCUT2D eigenvalue weighted by atomic mass is 10.1. The Morgan fingerprint density at radius 3 is 2.62 bits per heavy atom. The Bertz CT molecular complexity index is 925. The zero-order valence-corrected chi connectivity index (χ0v) is 20.2. The van der Waals surface area contributed by atoms with Crippen molar-refractivity contribution in [2.75, 3.05) is 31.2 Å². The van der Waals surface area contributed by atoms with Gasteiger partial charge in [-0.1, -0.05) is 32.4 Å². The predicted octanol–water partition coefficient (Wildman–Crippen LogP) is 5.09. The van der Waals surface area contributed by atoms with Gasteiger partial charge in [0.05, 0.1) is 24.2 Å². The van der Waals surface area contributed by atoms with E-state index in [-0.39, 0.29) is 21.0 Å². The van der Waals surface area contributed by atoms with E-state index in [1.165, 1.54) is 6.20 Å². The first-order chi connectivity index (χ1) is 13.3. The molecule has 160 valence electrons. The Hall–Kier alpha value is -1.06. The van der Waals surface area contributed by atoms with Crippen LogP contribution in [0.25, 0.3) is 10.9 Å². The van der Waals surface area contributed by atoms with E-state index < -0.39 is 19.7 Å². The third kappa shape index (κ3) is 4.66. The van der Waals surface area contributed by atoms with Gasteiger partial charge in [-0.25, -0.2) is 14.4 Å². The number of halogens is 3. The van der Waals surface area contributed by atoms with Crippen molar-refractivity contribution in [1.29, 1.82) is 0 Å². The SMILES string of the molecule is CC(C)(C)[Si](C)(C)O[C@]1(C)COCCN(c2nc(Cl)nc3c(F)c(Cl)ncc23)C1. The van der Waals surface area contributed by atoms with Gasteiger partial charge in [0.25, 0.3) is 0 Å². The van der Waals surface area contributed by atoms with Gasteiger partial charge < -0.3 is 14.1 Å². The van der Waals surface area contributed by atoms with Crippen LogP contribution in [-0.2, 0) is 9.16 Å². The van der Waals surface area contributed by atoms with Gasteiger partial charge in [-0.15, -0.1) is 0 Å². The molecule has 2 aromatic rings. The molecule has 1 atom stereocenters. The molecule has 6 nitrogen and oxygen atoms in total. The minimum atomic E-state index is -2.05.